The first-order valence-electron chi connectivity index (χ1n) is 6.50. The van der Waals surface area contributed by atoms with Gasteiger partial charge in [0.05, 0.1) is 17.1 Å². The minimum atomic E-state index is -0.144. The molecular weight excluding hydrogens is 386 g/mol. The van der Waals surface area contributed by atoms with Gasteiger partial charge in [-0.2, -0.15) is 11.8 Å². The summed E-state index contributed by atoms with van der Waals surface area (Å²) < 4.78 is 0.828. The monoisotopic (exact) mass is 397 g/mol. The van der Waals surface area contributed by atoms with Crippen molar-refractivity contribution in [3.8, 4) is 0 Å². The summed E-state index contributed by atoms with van der Waals surface area (Å²) >= 11 is 6.29. The molecule has 8 heteroatoms. The molecular formula is C14H12BrN3O2S2. The maximum atomic E-state index is 12.0. The van der Waals surface area contributed by atoms with E-state index in [2.05, 4.69) is 31.2 Å². The lowest BCUT2D eigenvalue weighted by atomic mass is 10.3. The number of hydrogen-bond acceptors (Lipinski definition) is 5. The van der Waals surface area contributed by atoms with Gasteiger partial charge in [-0.05, 0) is 28.1 Å². The van der Waals surface area contributed by atoms with Crippen LogP contribution < -0.4 is 10.9 Å². The van der Waals surface area contributed by atoms with Crippen molar-refractivity contribution in [1.82, 2.24) is 9.97 Å². The standard InChI is InChI=1S/C14H12BrN3O2S2/c15-9-3-1-2-4-10(9)16-12(19)7-22-14-17-11-6-21-5-8(11)13(20)18-14/h1-4H,5-7H2,(H,16,19)(H,17,18,20). The van der Waals surface area contributed by atoms with Crippen LogP contribution in [0.15, 0.2) is 38.7 Å². The fourth-order valence-electron chi connectivity index (χ4n) is 1.99. The van der Waals surface area contributed by atoms with Crippen LogP contribution >= 0.6 is 39.5 Å². The number of hydrogen-bond donors (Lipinski definition) is 2. The molecule has 0 unspecified atom stereocenters. The number of thioether (sulfide) groups is 2. The lowest BCUT2D eigenvalue weighted by Crippen LogP contribution is -2.17. The minimum absolute atomic E-state index is 0.0938. The maximum Gasteiger partial charge on any atom is 0.255 e. The van der Waals surface area contributed by atoms with Crippen molar-refractivity contribution < 1.29 is 4.79 Å². The molecule has 1 aliphatic heterocycles. The number of nitrogens with zero attached hydrogens (tertiary/aromatic N) is 1. The van der Waals surface area contributed by atoms with E-state index in [1.807, 2.05) is 24.3 Å². The second-order valence-corrected chi connectivity index (χ2v) is 7.41. The van der Waals surface area contributed by atoms with Crippen LogP contribution in [0.25, 0.3) is 0 Å². The number of para-hydroxylation sites is 1. The van der Waals surface area contributed by atoms with Gasteiger partial charge in [-0.3, -0.25) is 9.59 Å². The number of aromatic amines is 1. The Hall–Kier alpha value is -1.25. The first-order chi connectivity index (χ1) is 10.6. The molecule has 0 bridgehead atoms. The summed E-state index contributed by atoms with van der Waals surface area (Å²) in [6.07, 6.45) is 0. The van der Waals surface area contributed by atoms with E-state index in [1.54, 1.807) is 11.8 Å². The molecule has 22 heavy (non-hydrogen) atoms. The molecule has 0 saturated heterocycles. The minimum Gasteiger partial charge on any atom is -0.324 e. The van der Waals surface area contributed by atoms with Crippen LogP contribution in [-0.4, -0.2) is 21.6 Å². The van der Waals surface area contributed by atoms with Crippen LogP contribution in [0, 0.1) is 0 Å². The van der Waals surface area contributed by atoms with Crippen molar-refractivity contribution in [3.63, 3.8) is 0 Å². The van der Waals surface area contributed by atoms with Crippen LogP contribution in [0.4, 0.5) is 5.69 Å². The van der Waals surface area contributed by atoms with Gasteiger partial charge in [-0.15, -0.1) is 0 Å². The van der Waals surface area contributed by atoms with Crippen LogP contribution in [0.3, 0.4) is 0 Å². The second-order valence-electron chi connectivity index (χ2n) is 4.61. The summed E-state index contributed by atoms with van der Waals surface area (Å²) in [4.78, 5) is 31.0. The zero-order chi connectivity index (χ0) is 15.5. The fraction of sp³-hybridized carbons (Fsp3) is 0.214. The average molecular weight is 398 g/mol. The maximum absolute atomic E-state index is 12.0. The molecule has 0 aliphatic carbocycles. The molecule has 2 N–H and O–H groups in total. The van der Waals surface area contributed by atoms with E-state index in [4.69, 9.17) is 0 Å². The summed E-state index contributed by atoms with van der Waals surface area (Å²) in [5, 5.41) is 3.31. The summed E-state index contributed by atoms with van der Waals surface area (Å²) in [6, 6.07) is 7.41. The predicted octanol–water partition coefficient (Wildman–Crippen LogP) is 3.01. The van der Waals surface area contributed by atoms with Crippen LogP contribution in [-0.2, 0) is 16.3 Å². The van der Waals surface area contributed by atoms with Gasteiger partial charge >= 0.3 is 0 Å². The molecule has 0 spiro atoms. The largest absolute Gasteiger partial charge is 0.324 e. The number of halogens is 1. The highest BCUT2D eigenvalue weighted by Gasteiger charge is 2.18. The SMILES string of the molecule is O=C(CSc1nc2c(c(=O)[nH]1)CSC2)Nc1ccccc1Br. The quantitative estimate of drug-likeness (QED) is 0.612. The summed E-state index contributed by atoms with van der Waals surface area (Å²) in [5.41, 5.74) is 2.22. The smallest absolute Gasteiger partial charge is 0.255 e. The van der Waals surface area contributed by atoms with Crippen molar-refractivity contribution in [3.05, 3.63) is 50.3 Å². The molecule has 1 aromatic carbocycles. The number of amides is 1. The number of benzene rings is 1. The summed E-state index contributed by atoms with van der Waals surface area (Å²) in [6.45, 7) is 0. The Morgan fingerprint density at radius 3 is 3.05 bits per heavy atom. The molecule has 1 aromatic heterocycles. The molecule has 0 radical (unpaired) electrons. The van der Waals surface area contributed by atoms with Gasteiger partial charge in [0.2, 0.25) is 5.91 Å². The topological polar surface area (TPSA) is 74.8 Å². The van der Waals surface area contributed by atoms with Crippen LogP contribution in [0.2, 0.25) is 0 Å². The Bertz CT molecular complexity index is 779. The van der Waals surface area contributed by atoms with Crippen LogP contribution in [0.5, 0.6) is 0 Å². The molecule has 2 heterocycles. The van der Waals surface area contributed by atoms with Gasteiger partial charge in [0.1, 0.15) is 0 Å². The Kier molecular flexibility index (Phi) is 4.90. The molecule has 3 rings (SSSR count). The number of H-pyrrole nitrogens is 1. The molecule has 1 amide bonds. The average Bonchev–Trinajstić information content (AvgIpc) is 2.97. The Labute approximate surface area is 143 Å². The summed E-state index contributed by atoms with van der Waals surface area (Å²) in [5.74, 6) is 1.52. The van der Waals surface area contributed by atoms with Gasteiger partial charge in [0.15, 0.2) is 5.16 Å². The number of carbonyl (C=O) groups excluding carboxylic acids is 1. The zero-order valence-electron chi connectivity index (χ0n) is 11.4. The molecule has 0 atom stereocenters. The Balaban J connectivity index is 1.63. The lowest BCUT2D eigenvalue weighted by Gasteiger charge is -2.07. The van der Waals surface area contributed by atoms with Gasteiger partial charge in [-0.1, -0.05) is 23.9 Å². The lowest BCUT2D eigenvalue weighted by molar-refractivity contribution is -0.113. The van der Waals surface area contributed by atoms with E-state index in [0.717, 1.165) is 27.2 Å². The van der Waals surface area contributed by atoms with Crippen molar-refractivity contribution in [2.24, 2.45) is 0 Å². The van der Waals surface area contributed by atoms with Gasteiger partial charge in [-0.25, -0.2) is 4.98 Å². The first kappa shape index (κ1) is 15.6. The van der Waals surface area contributed by atoms with E-state index in [0.29, 0.717) is 10.9 Å². The molecule has 1 aliphatic rings. The predicted molar refractivity (Wildman–Crippen MR) is 93.4 cm³/mol. The fourth-order valence-corrected chi connectivity index (χ4v) is 4.09. The Morgan fingerprint density at radius 1 is 1.41 bits per heavy atom. The van der Waals surface area contributed by atoms with Gasteiger partial charge < -0.3 is 10.3 Å². The van der Waals surface area contributed by atoms with Gasteiger partial charge in [0.25, 0.3) is 5.56 Å². The highest BCUT2D eigenvalue weighted by atomic mass is 79.9. The van der Waals surface area contributed by atoms with Crippen molar-refractivity contribution in [2.75, 3.05) is 11.1 Å². The third kappa shape index (κ3) is 3.56. The van der Waals surface area contributed by atoms with Crippen molar-refractivity contribution in [2.45, 2.75) is 16.7 Å². The van der Waals surface area contributed by atoms with E-state index in [9.17, 15) is 9.59 Å². The van der Waals surface area contributed by atoms with E-state index >= 15 is 0 Å². The van der Waals surface area contributed by atoms with Gasteiger partial charge in [0, 0.05) is 21.5 Å². The molecule has 2 aromatic rings. The van der Waals surface area contributed by atoms with Crippen molar-refractivity contribution >= 4 is 51.0 Å². The summed E-state index contributed by atoms with van der Waals surface area (Å²) in [7, 11) is 0. The molecule has 0 saturated carbocycles. The second kappa shape index (κ2) is 6.89. The number of nitrogens with one attached hydrogen (secondary N) is 2. The first-order valence-corrected chi connectivity index (χ1v) is 9.44. The highest BCUT2D eigenvalue weighted by Crippen LogP contribution is 2.27. The van der Waals surface area contributed by atoms with Crippen molar-refractivity contribution in [1.29, 1.82) is 0 Å². The third-order valence-corrected chi connectivity index (χ3v) is 5.59. The Morgan fingerprint density at radius 2 is 2.23 bits per heavy atom. The number of aromatic nitrogens is 2. The molecule has 114 valence electrons. The third-order valence-electron chi connectivity index (χ3n) is 3.05. The van der Waals surface area contributed by atoms with E-state index < -0.39 is 0 Å². The number of anilines is 1. The van der Waals surface area contributed by atoms with Crippen LogP contribution in [0.1, 0.15) is 11.3 Å². The molecule has 0 fully saturated rings. The molecule has 5 nitrogen and oxygen atoms in total. The highest BCUT2D eigenvalue weighted by molar-refractivity contribution is 9.10. The normalized spacial score (nSPS) is 13.0. The number of carbonyl (C=O) groups is 1. The van der Waals surface area contributed by atoms with E-state index in [-0.39, 0.29) is 17.2 Å². The van der Waals surface area contributed by atoms with E-state index in [1.165, 1.54) is 11.8 Å². The number of rotatable bonds is 4. The number of fused-ring (bicyclic) bond motifs is 1. The zero-order valence-corrected chi connectivity index (χ0v) is 14.6.